The minimum Gasteiger partial charge on any atom is -0.468 e. The van der Waals surface area contributed by atoms with E-state index >= 15 is 0 Å². The second-order valence-corrected chi connectivity index (χ2v) is 9.85. The first-order valence-corrected chi connectivity index (χ1v) is 11.8. The summed E-state index contributed by atoms with van der Waals surface area (Å²) in [6, 6.07) is 0. The van der Waals surface area contributed by atoms with E-state index < -0.39 is 71.6 Å². The Bertz CT molecular complexity index is 823. The molecular formula is C21H33O11P. The molecule has 0 saturated heterocycles. The van der Waals surface area contributed by atoms with Crippen molar-refractivity contribution in [3.05, 3.63) is 11.1 Å². The molecule has 1 aliphatic rings. The maximum atomic E-state index is 13.3. The normalized spacial score (nSPS) is 14.9. The van der Waals surface area contributed by atoms with Crippen molar-refractivity contribution in [2.24, 2.45) is 5.41 Å². The molecule has 0 bridgehead atoms. The molecule has 0 amide bonds. The zero-order valence-corrected chi connectivity index (χ0v) is 21.6. The van der Waals surface area contributed by atoms with Crippen LogP contribution < -0.4 is 0 Å². The van der Waals surface area contributed by atoms with E-state index in [1.807, 2.05) is 0 Å². The van der Waals surface area contributed by atoms with Crippen molar-refractivity contribution >= 4 is 36.7 Å². The number of carbonyl (C=O) groups excluding carboxylic acids is 4. The Labute approximate surface area is 193 Å². The fraction of sp³-hybridized carbons (Fsp3) is 0.667. The van der Waals surface area contributed by atoms with Crippen LogP contribution >= 0.6 is 7.57 Å². The van der Waals surface area contributed by atoms with Gasteiger partial charge in [0, 0.05) is 0 Å². The van der Waals surface area contributed by atoms with Crippen LogP contribution in [0.4, 0.5) is 0 Å². The second-order valence-electron chi connectivity index (χ2n) is 7.77. The van der Waals surface area contributed by atoms with E-state index in [1.54, 1.807) is 41.5 Å². The van der Waals surface area contributed by atoms with Gasteiger partial charge in [-0.05, 0) is 41.5 Å². The molecule has 0 aliphatic heterocycles. The summed E-state index contributed by atoms with van der Waals surface area (Å²) in [5.74, 6) is -4.30. The molecule has 0 unspecified atom stereocenters. The van der Waals surface area contributed by atoms with E-state index in [-0.39, 0.29) is 0 Å². The molecule has 1 rings (SSSR count). The van der Waals surface area contributed by atoms with Crippen molar-refractivity contribution in [3.8, 4) is 0 Å². The van der Waals surface area contributed by atoms with Crippen LogP contribution in [0.25, 0.3) is 0 Å². The van der Waals surface area contributed by atoms with Crippen LogP contribution in [0, 0.1) is 5.41 Å². The van der Waals surface area contributed by atoms with E-state index in [4.69, 9.17) is 32.5 Å². The van der Waals surface area contributed by atoms with Gasteiger partial charge in [0.25, 0.3) is 7.57 Å². The Balaban J connectivity index is 4.32. The Morgan fingerprint density at radius 1 is 0.636 bits per heavy atom. The van der Waals surface area contributed by atoms with Crippen LogP contribution in [0.2, 0.25) is 0 Å². The Kier molecular flexibility index (Phi) is 9.86. The van der Waals surface area contributed by atoms with E-state index in [0.29, 0.717) is 0 Å². The van der Waals surface area contributed by atoms with Crippen molar-refractivity contribution in [1.29, 1.82) is 0 Å². The monoisotopic (exact) mass is 492 g/mol. The number of hydrogen-bond donors (Lipinski definition) is 0. The molecule has 0 aromatic carbocycles. The summed E-state index contributed by atoms with van der Waals surface area (Å²) in [6.45, 7) is 10.0. The predicted molar refractivity (Wildman–Crippen MR) is 118 cm³/mol. The summed E-state index contributed by atoms with van der Waals surface area (Å²) < 4.78 is 37.7. The molecule has 12 heteroatoms. The standard InChI is InChI=1S/C21H33O11P/c1-11(2)30-33(31-12(3)4,32-13(5)6)16(19(24)28-9)21(20(25)29-10)14(17(22)26-7)15(21)18(23)27-8/h11-13H,1-10H3. The summed E-state index contributed by atoms with van der Waals surface area (Å²) in [7, 11) is 0.264. The Morgan fingerprint density at radius 3 is 1.24 bits per heavy atom. The minimum atomic E-state index is -3.96. The molecule has 0 heterocycles. The van der Waals surface area contributed by atoms with Crippen LogP contribution in [0.1, 0.15) is 41.5 Å². The third-order valence-electron chi connectivity index (χ3n) is 4.26. The van der Waals surface area contributed by atoms with Gasteiger partial charge in [-0.25, -0.2) is 14.4 Å². The number of methoxy groups -OCH3 is 4. The van der Waals surface area contributed by atoms with Gasteiger partial charge in [-0.3, -0.25) is 4.79 Å². The van der Waals surface area contributed by atoms with Crippen LogP contribution in [-0.2, 0) is 51.7 Å². The number of rotatable bonds is 11. The topological polar surface area (TPSA) is 133 Å². The fourth-order valence-electron chi connectivity index (χ4n) is 3.32. The maximum absolute atomic E-state index is 13.3. The lowest BCUT2D eigenvalue weighted by atomic mass is 9.92. The van der Waals surface area contributed by atoms with E-state index in [2.05, 4.69) is 0 Å². The Morgan fingerprint density at radius 2 is 1.00 bits per heavy atom. The van der Waals surface area contributed by atoms with Gasteiger partial charge in [0.05, 0.1) is 57.9 Å². The van der Waals surface area contributed by atoms with Gasteiger partial charge in [-0.2, -0.15) is 0 Å². The first kappa shape index (κ1) is 28.8. The average molecular weight is 492 g/mol. The summed E-state index contributed by atoms with van der Waals surface area (Å²) in [5.41, 5.74) is -3.23. The predicted octanol–water partition coefficient (Wildman–Crippen LogP) is 2.18. The molecule has 0 radical (unpaired) electrons. The minimum absolute atomic E-state index is 0.444. The van der Waals surface area contributed by atoms with Gasteiger partial charge in [-0.1, -0.05) is 0 Å². The first-order valence-electron chi connectivity index (χ1n) is 10.2. The van der Waals surface area contributed by atoms with Crippen LogP contribution in [0.3, 0.4) is 0 Å². The number of esters is 4. The molecule has 0 atom stereocenters. The highest BCUT2D eigenvalue weighted by atomic mass is 31.2. The van der Waals surface area contributed by atoms with Crippen molar-refractivity contribution in [3.63, 3.8) is 0 Å². The highest BCUT2D eigenvalue weighted by molar-refractivity contribution is 7.65. The van der Waals surface area contributed by atoms with Crippen LogP contribution in [0.15, 0.2) is 11.1 Å². The Hall–Kier alpha value is -2.20. The zero-order valence-electron chi connectivity index (χ0n) is 20.7. The number of carbonyl (C=O) groups is 4. The molecule has 0 saturated carbocycles. The van der Waals surface area contributed by atoms with E-state index in [1.165, 1.54) is 0 Å². The summed E-state index contributed by atoms with van der Waals surface area (Å²) in [5, 5.41) is -0.513. The molecule has 0 aromatic heterocycles. The SMILES string of the molecule is COC(=O)C1=C(C(=O)OC)C1(C(=O)OC)C(C(=O)OC)=P(OC(C)C)(OC(C)C)OC(C)C. The molecule has 188 valence electrons. The summed E-state index contributed by atoms with van der Waals surface area (Å²) in [4.78, 5) is 51.9. The molecule has 0 spiro atoms. The van der Waals surface area contributed by atoms with Gasteiger partial charge < -0.3 is 32.5 Å². The lowest BCUT2D eigenvalue weighted by molar-refractivity contribution is -0.148. The maximum Gasteiger partial charge on any atom is 0.342 e. The summed E-state index contributed by atoms with van der Waals surface area (Å²) in [6.07, 6.45) is -1.69. The third-order valence-corrected chi connectivity index (χ3v) is 7.43. The van der Waals surface area contributed by atoms with Crippen molar-refractivity contribution in [1.82, 2.24) is 0 Å². The zero-order chi connectivity index (χ0) is 25.7. The molecule has 33 heavy (non-hydrogen) atoms. The van der Waals surface area contributed by atoms with Crippen molar-refractivity contribution in [2.75, 3.05) is 28.4 Å². The van der Waals surface area contributed by atoms with Crippen molar-refractivity contribution < 1.29 is 51.7 Å². The average Bonchev–Trinajstić information content (AvgIpc) is 3.40. The quantitative estimate of drug-likeness (QED) is 0.239. The molecule has 1 aliphatic carbocycles. The van der Waals surface area contributed by atoms with E-state index in [9.17, 15) is 19.2 Å². The molecule has 11 nitrogen and oxygen atoms in total. The van der Waals surface area contributed by atoms with Crippen molar-refractivity contribution in [2.45, 2.75) is 59.9 Å². The van der Waals surface area contributed by atoms with Gasteiger partial charge in [-0.15, -0.1) is 0 Å². The largest absolute Gasteiger partial charge is 0.468 e. The fourth-order valence-corrected chi connectivity index (χ4v) is 6.49. The third kappa shape index (κ3) is 5.48. The smallest absolute Gasteiger partial charge is 0.342 e. The van der Waals surface area contributed by atoms with Gasteiger partial charge in [0.15, 0.2) is 5.41 Å². The highest BCUT2D eigenvalue weighted by Crippen LogP contribution is 2.66. The molecule has 0 fully saturated rings. The van der Waals surface area contributed by atoms with E-state index in [0.717, 1.165) is 28.4 Å². The second kappa shape index (κ2) is 11.3. The van der Waals surface area contributed by atoms with Gasteiger partial charge in [0.1, 0.15) is 5.29 Å². The molecule has 0 N–H and O–H groups in total. The first-order chi connectivity index (χ1) is 15.3. The molecular weight excluding hydrogens is 459 g/mol. The van der Waals surface area contributed by atoms with Crippen LogP contribution in [0.5, 0.6) is 0 Å². The lowest BCUT2D eigenvalue weighted by Gasteiger charge is -2.35. The number of ether oxygens (including phenoxy) is 4. The lowest BCUT2D eigenvalue weighted by Crippen LogP contribution is -2.42. The van der Waals surface area contributed by atoms with Gasteiger partial charge in [0.2, 0.25) is 0 Å². The molecule has 0 aromatic rings. The highest BCUT2D eigenvalue weighted by Gasteiger charge is 2.74. The van der Waals surface area contributed by atoms with Crippen LogP contribution in [-0.4, -0.2) is 75.9 Å². The summed E-state index contributed by atoms with van der Waals surface area (Å²) >= 11 is 0. The van der Waals surface area contributed by atoms with Gasteiger partial charge >= 0.3 is 23.9 Å². The number of hydrogen-bond acceptors (Lipinski definition) is 11.